The van der Waals surface area contributed by atoms with Gasteiger partial charge in [-0.05, 0) is 20.3 Å². The SMILES string of the molecule is CC(C)(C#N)CCOCC(F)(F)F. The molecule has 0 aliphatic carbocycles. The van der Waals surface area contributed by atoms with Gasteiger partial charge >= 0.3 is 6.18 Å². The fraction of sp³-hybridized carbons (Fsp3) is 0.875. The zero-order valence-electron chi connectivity index (χ0n) is 7.61. The highest BCUT2D eigenvalue weighted by Crippen LogP contribution is 2.19. The molecular formula is C8H12F3NO. The molecule has 0 bridgehead atoms. The Morgan fingerprint density at radius 2 is 1.85 bits per heavy atom. The van der Waals surface area contributed by atoms with Crippen molar-refractivity contribution in [2.45, 2.75) is 26.4 Å². The van der Waals surface area contributed by atoms with Crippen LogP contribution in [0.25, 0.3) is 0 Å². The Bertz CT molecular complexity index is 193. The molecule has 0 aromatic heterocycles. The molecule has 0 amide bonds. The third kappa shape index (κ3) is 7.60. The maximum atomic E-state index is 11.6. The standard InChI is InChI=1S/C8H12F3NO/c1-7(2,5-12)3-4-13-6-8(9,10)11/h3-4,6H2,1-2H3. The largest absolute Gasteiger partial charge is 0.411 e. The van der Waals surface area contributed by atoms with E-state index < -0.39 is 18.2 Å². The lowest BCUT2D eigenvalue weighted by Gasteiger charge is -2.15. The summed E-state index contributed by atoms with van der Waals surface area (Å²) in [6.07, 6.45) is -3.98. The number of nitriles is 1. The van der Waals surface area contributed by atoms with E-state index in [4.69, 9.17) is 5.26 Å². The van der Waals surface area contributed by atoms with E-state index in [1.54, 1.807) is 13.8 Å². The molecule has 0 saturated carbocycles. The summed E-state index contributed by atoms with van der Waals surface area (Å²) in [6, 6.07) is 1.98. The van der Waals surface area contributed by atoms with Crippen LogP contribution >= 0.6 is 0 Å². The first-order valence-electron chi connectivity index (χ1n) is 3.83. The molecule has 0 aromatic rings. The van der Waals surface area contributed by atoms with Crippen LogP contribution in [0, 0.1) is 16.7 Å². The maximum absolute atomic E-state index is 11.6. The van der Waals surface area contributed by atoms with Gasteiger partial charge in [0.1, 0.15) is 6.61 Å². The molecule has 0 spiro atoms. The van der Waals surface area contributed by atoms with Crippen molar-refractivity contribution in [1.29, 1.82) is 5.26 Å². The van der Waals surface area contributed by atoms with Crippen molar-refractivity contribution in [3.63, 3.8) is 0 Å². The van der Waals surface area contributed by atoms with Gasteiger partial charge in [0, 0.05) is 6.61 Å². The molecule has 0 saturated heterocycles. The van der Waals surface area contributed by atoms with E-state index in [1.807, 2.05) is 6.07 Å². The van der Waals surface area contributed by atoms with Gasteiger partial charge < -0.3 is 4.74 Å². The lowest BCUT2D eigenvalue weighted by atomic mass is 9.92. The highest BCUT2D eigenvalue weighted by atomic mass is 19.4. The quantitative estimate of drug-likeness (QED) is 0.645. The molecule has 0 aliphatic heterocycles. The first-order valence-corrected chi connectivity index (χ1v) is 3.83. The van der Waals surface area contributed by atoms with Crippen LogP contribution < -0.4 is 0 Å². The molecule has 2 nitrogen and oxygen atoms in total. The first kappa shape index (κ1) is 12.2. The lowest BCUT2D eigenvalue weighted by Crippen LogP contribution is -2.19. The van der Waals surface area contributed by atoms with Crippen molar-refractivity contribution in [3.05, 3.63) is 0 Å². The van der Waals surface area contributed by atoms with E-state index in [0.29, 0.717) is 6.42 Å². The van der Waals surface area contributed by atoms with Crippen molar-refractivity contribution in [2.24, 2.45) is 5.41 Å². The Morgan fingerprint density at radius 3 is 2.23 bits per heavy atom. The summed E-state index contributed by atoms with van der Waals surface area (Å²) in [4.78, 5) is 0. The average molecular weight is 195 g/mol. The van der Waals surface area contributed by atoms with Gasteiger partial charge in [-0.25, -0.2) is 0 Å². The first-order chi connectivity index (χ1) is 5.77. The van der Waals surface area contributed by atoms with Crippen LogP contribution in [0.2, 0.25) is 0 Å². The third-order valence-corrected chi connectivity index (χ3v) is 1.44. The van der Waals surface area contributed by atoms with Crippen LogP contribution in [0.3, 0.4) is 0 Å². The van der Waals surface area contributed by atoms with Crippen LogP contribution in [0.5, 0.6) is 0 Å². The lowest BCUT2D eigenvalue weighted by molar-refractivity contribution is -0.174. The molecule has 0 atom stereocenters. The molecule has 13 heavy (non-hydrogen) atoms. The zero-order chi connectivity index (χ0) is 10.5. The highest BCUT2D eigenvalue weighted by Gasteiger charge is 2.27. The monoisotopic (exact) mass is 195 g/mol. The van der Waals surface area contributed by atoms with Gasteiger partial charge in [0.15, 0.2) is 0 Å². The molecule has 0 heterocycles. The van der Waals surface area contributed by atoms with Gasteiger partial charge in [0.2, 0.25) is 0 Å². The second-order valence-corrected chi connectivity index (χ2v) is 3.41. The van der Waals surface area contributed by atoms with Gasteiger partial charge in [-0.15, -0.1) is 0 Å². The number of halogens is 3. The summed E-state index contributed by atoms with van der Waals surface area (Å²) in [5, 5.41) is 8.53. The van der Waals surface area contributed by atoms with Crippen molar-refractivity contribution in [3.8, 4) is 6.07 Å². The van der Waals surface area contributed by atoms with Crippen molar-refractivity contribution >= 4 is 0 Å². The molecule has 5 heteroatoms. The minimum absolute atomic E-state index is 0.0416. The smallest absolute Gasteiger partial charge is 0.372 e. The average Bonchev–Trinajstić information content (AvgIpc) is 1.97. The summed E-state index contributed by atoms with van der Waals surface area (Å²) >= 11 is 0. The van der Waals surface area contributed by atoms with Crippen LogP contribution in [-0.4, -0.2) is 19.4 Å². The predicted octanol–water partition coefficient (Wildman–Crippen LogP) is 2.51. The van der Waals surface area contributed by atoms with Crippen LogP contribution in [-0.2, 0) is 4.74 Å². The van der Waals surface area contributed by atoms with E-state index in [2.05, 4.69) is 4.74 Å². The van der Waals surface area contributed by atoms with Gasteiger partial charge in [0.05, 0.1) is 11.5 Å². The Kier molecular flexibility index (Phi) is 4.21. The number of hydrogen-bond donors (Lipinski definition) is 0. The van der Waals surface area contributed by atoms with Crippen LogP contribution in [0.4, 0.5) is 13.2 Å². The van der Waals surface area contributed by atoms with E-state index in [9.17, 15) is 13.2 Å². The Balaban J connectivity index is 3.54. The van der Waals surface area contributed by atoms with Crippen molar-refractivity contribution < 1.29 is 17.9 Å². The molecule has 0 aromatic carbocycles. The number of nitrogens with zero attached hydrogens (tertiary/aromatic N) is 1. The van der Waals surface area contributed by atoms with Crippen molar-refractivity contribution in [1.82, 2.24) is 0 Å². The highest BCUT2D eigenvalue weighted by molar-refractivity contribution is 4.91. The number of alkyl halides is 3. The van der Waals surface area contributed by atoms with Crippen LogP contribution in [0.15, 0.2) is 0 Å². The van der Waals surface area contributed by atoms with E-state index in [0.717, 1.165) is 0 Å². The molecule has 0 radical (unpaired) electrons. The minimum atomic E-state index is -4.28. The summed E-state index contributed by atoms with van der Waals surface area (Å²) in [6.45, 7) is 2.03. The second-order valence-electron chi connectivity index (χ2n) is 3.41. The Labute approximate surface area is 75.3 Å². The molecule has 0 rings (SSSR count). The van der Waals surface area contributed by atoms with E-state index in [1.165, 1.54) is 0 Å². The fourth-order valence-corrected chi connectivity index (χ4v) is 0.571. The van der Waals surface area contributed by atoms with Crippen molar-refractivity contribution in [2.75, 3.05) is 13.2 Å². The maximum Gasteiger partial charge on any atom is 0.411 e. The third-order valence-electron chi connectivity index (χ3n) is 1.44. The normalized spacial score (nSPS) is 12.6. The summed E-state index contributed by atoms with van der Waals surface area (Å²) in [5.74, 6) is 0. The molecule has 76 valence electrons. The fourth-order valence-electron chi connectivity index (χ4n) is 0.571. The molecule has 0 fully saturated rings. The second kappa shape index (κ2) is 4.47. The number of hydrogen-bond acceptors (Lipinski definition) is 2. The molecule has 0 aliphatic rings. The number of rotatable bonds is 4. The summed E-state index contributed by atoms with van der Waals surface area (Å²) in [5.41, 5.74) is -0.619. The van der Waals surface area contributed by atoms with Gasteiger partial charge in [-0.2, -0.15) is 18.4 Å². The summed E-state index contributed by atoms with van der Waals surface area (Å²) in [7, 11) is 0. The van der Waals surface area contributed by atoms with Gasteiger partial charge in [0.25, 0.3) is 0 Å². The van der Waals surface area contributed by atoms with E-state index >= 15 is 0 Å². The Morgan fingerprint density at radius 1 is 1.31 bits per heavy atom. The van der Waals surface area contributed by atoms with E-state index in [-0.39, 0.29) is 6.61 Å². The molecular weight excluding hydrogens is 183 g/mol. The predicted molar refractivity (Wildman–Crippen MR) is 40.9 cm³/mol. The Hall–Kier alpha value is -0.760. The molecule has 0 N–H and O–H groups in total. The van der Waals surface area contributed by atoms with Gasteiger partial charge in [-0.1, -0.05) is 0 Å². The molecule has 0 unspecified atom stereocenters. The minimum Gasteiger partial charge on any atom is -0.372 e. The van der Waals surface area contributed by atoms with Gasteiger partial charge in [-0.3, -0.25) is 0 Å². The van der Waals surface area contributed by atoms with Crippen LogP contribution in [0.1, 0.15) is 20.3 Å². The summed E-state index contributed by atoms with van der Waals surface area (Å²) < 4.78 is 39.1. The topological polar surface area (TPSA) is 33.0 Å². The zero-order valence-corrected chi connectivity index (χ0v) is 7.61. The number of ether oxygens (including phenoxy) is 1.